The molecule has 132 valence electrons. The molecule has 2 atom stereocenters. The maximum atomic E-state index is 12.4. The third-order valence-electron chi connectivity index (χ3n) is 3.34. The molecule has 0 heterocycles. The molecule has 0 unspecified atom stereocenters. The van der Waals surface area contributed by atoms with E-state index in [2.05, 4.69) is 26.6 Å². The number of hydrogen-bond acceptors (Lipinski definition) is 3. The van der Waals surface area contributed by atoms with Gasteiger partial charge in [-0.05, 0) is 30.0 Å². The number of hydrogen-bond donors (Lipinski definition) is 3. The van der Waals surface area contributed by atoms with Crippen molar-refractivity contribution in [3.05, 3.63) is 34.3 Å². The van der Waals surface area contributed by atoms with Crippen LogP contribution in [0.2, 0.25) is 0 Å². The molecule has 6 nitrogen and oxygen atoms in total. The van der Waals surface area contributed by atoms with Crippen LogP contribution in [0.25, 0.3) is 0 Å². The first-order valence-electron chi connectivity index (χ1n) is 7.73. The van der Waals surface area contributed by atoms with Crippen molar-refractivity contribution in [1.29, 1.82) is 0 Å². The Bertz CT molecular complexity index is 604. The largest absolute Gasteiger partial charge is 0.480 e. The minimum atomic E-state index is -1.12. The van der Waals surface area contributed by atoms with Gasteiger partial charge in [0, 0.05) is 17.8 Å². The van der Waals surface area contributed by atoms with Crippen molar-refractivity contribution in [3.63, 3.8) is 0 Å². The quantitative estimate of drug-likeness (QED) is 0.624. The summed E-state index contributed by atoms with van der Waals surface area (Å²) in [7, 11) is 0. The number of rotatable bonds is 8. The topological polar surface area (TPSA) is 95.5 Å². The highest BCUT2D eigenvalue weighted by Gasteiger charge is 2.26. The van der Waals surface area contributed by atoms with Crippen LogP contribution in [0.3, 0.4) is 0 Å². The van der Waals surface area contributed by atoms with E-state index in [9.17, 15) is 19.5 Å². The van der Waals surface area contributed by atoms with Crippen molar-refractivity contribution in [2.24, 2.45) is 5.92 Å². The summed E-state index contributed by atoms with van der Waals surface area (Å²) in [5, 5.41) is 14.5. The zero-order valence-electron chi connectivity index (χ0n) is 14.0. The number of benzene rings is 1. The van der Waals surface area contributed by atoms with E-state index in [4.69, 9.17) is 0 Å². The summed E-state index contributed by atoms with van der Waals surface area (Å²) in [6.07, 6.45) is 0.601. The average Bonchev–Trinajstić information content (AvgIpc) is 2.44. The second kappa shape index (κ2) is 9.42. The van der Waals surface area contributed by atoms with Crippen LogP contribution in [0.5, 0.6) is 0 Å². The van der Waals surface area contributed by atoms with Gasteiger partial charge < -0.3 is 15.7 Å². The molecule has 0 aliphatic rings. The fraction of sp³-hybridized carbons (Fsp3) is 0.471. The van der Waals surface area contributed by atoms with E-state index in [1.165, 1.54) is 6.92 Å². The lowest BCUT2D eigenvalue weighted by atomic mass is 10.0. The van der Waals surface area contributed by atoms with E-state index in [0.717, 1.165) is 10.0 Å². The normalized spacial score (nSPS) is 13.2. The second-order valence-electron chi connectivity index (χ2n) is 6.12. The standard InChI is InChI=1S/C17H23BrN2O4/c1-10(2)7-14(19-11(3)21)16(22)20-15(17(23)24)9-12-5-4-6-13(18)8-12/h4-6,8,10,14-15H,7,9H2,1-3H3,(H,19,21)(H,20,22)(H,23,24)/t14-,15-/m0/s1. The lowest BCUT2D eigenvalue weighted by molar-refractivity contribution is -0.142. The summed E-state index contributed by atoms with van der Waals surface area (Å²) in [5.41, 5.74) is 0.789. The van der Waals surface area contributed by atoms with Crippen molar-refractivity contribution in [3.8, 4) is 0 Å². The van der Waals surface area contributed by atoms with Crippen molar-refractivity contribution in [2.75, 3.05) is 0 Å². The second-order valence-corrected chi connectivity index (χ2v) is 7.03. The Kier molecular flexibility index (Phi) is 7.91. The molecule has 2 amide bonds. The van der Waals surface area contributed by atoms with Crippen LogP contribution in [0.1, 0.15) is 32.8 Å². The highest BCUT2D eigenvalue weighted by atomic mass is 79.9. The number of carbonyl (C=O) groups is 3. The summed E-state index contributed by atoms with van der Waals surface area (Å²) in [6.45, 7) is 5.19. The lowest BCUT2D eigenvalue weighted by Gasteiger charge is -2.22. The summed E-state index contributed by atoms with van der Waals surface area (Å²) in [6, 6.07) is 5.45. The van der Waals surface area contributed by atoms with E-state index in [1.807, 2.05) is 26.0 Å². The van der Waals surface area contributed by atoms with Gasteiger partial charge in [-0.2, -0.15) is 0 Å². The molecule has 0 spiro atoms. The number of aliphatic carboxylic acids is 1. The molecule has 1 rings (SSSR count). The monoisotopic (exact) mass is 398 g/mol. The van der Waals surface area contributed by atoms with Gasteiger partial charge in [-0.15, -0.1) is 0 Å². The molecule has 3 N–H and O–H groups in total. The summed E-state index contributed by atoms with van der Waals surface area (Å²) < 4.78 is 0.839. The summed E-state index contributed by atoms with van der Waals surface area (Å²) >= 11 is 3.34. The predicted molar refractivity (Wildman–Crippen MR) is 94.5 cm³/mol. The Labute approximate surface area is 150 Å². The Balaban J connectivity index is 2.83. The van der Waals surface area contributed by atoms with Gasteiger partial charge >= 0.3 is 5.97 Å². The van der Waals surface area contributed by atoms with Gasteiger partial charge in [-0.3, -0.25) is 9.59 Å². The van der Waals surface area contributed by atoms with Gasteiger partial charge in [-0.25, -0.2) is 4.79 Å². The zero-order valence-corrected chi connectivity index (χ0v) is 15.6. The fourth-order valence-electron chi connectivity index (χ4n) is 2.32. The first-order chi connectivity index (χ1) is 11.2. The van der Waals surface area contributed by atoms with E-state index >= 15 is 0 Å². The van der Waals surface area contributed by atoms with E-state index in [1.54, 1.807) is 12.1 Å². The van der Waals surface area contributed by atoms with Crippen molar-refractivity contribution >= 4 is 33.7 Å². The van der Waals surface area contributed by atoms with Crippen LogP contribution in [-0.4, -0.2) is 35.0 Å². The van der Waals surface area contributed by atoms with Gasteiger partial charge in [-0.1, -0.05) is 41.9 Å². The predicted octanol–water partition coefficient (Wildman–Crippen LogP) is 2.11. The number of nitrogens with one attached hydrogen (secondary N) is 2. The van der Waals surface area contributed by atoms with Crippen LogP contribution >= 0.6 is 15.9 Å². The first kappa shape index (κ1) is 20.2. The zero-order chi connectivity index (χ0) is 18.3. The average molecular weight is 399 g/mol. The Morgan fingerprint density at radius 3 is 2.33 bits per heavy atom. The van der Waals surface area contributed by atoms with E-state index < -0.39 is 24.0 Å². The van der Waals surface area contributed by atoms with Crippen LogP contribution in [0.4, 0.5) is 0 Å². The van der Waals surface area contributed by atoms with Crippen LogP contribution in [0, 0.1) is 5.92 Å². The van der Waals surface area contributed by atoms with E-state index in [-0.39, 0.29) is 18.2 Å². The molecule has 0 aromatic heterocycles. The number of carbonyl (C=O) groups excluding carboxylic acids is 2. The molecule has 24 heavy (non-hydrogen) atoms. The minimum Gasteiger partial charge on any atom is -0.480 e. The van der Waals surface area contributed by atoms with Crippen LogP contribution in [0.15, 0.2) is 28.7 Å². The molecule has 0 saturated carbocycles. The smallest absolute Gasteiger partial charge is 0.326 e. The molecule has 0 bridgehead atoms. The molecule has 1 aromatic carbocycles. The van der Waals surface area contributed by atoms with Gasteiger partial charge in [0.1, 0.15) is 12.1 Å². The molecule has 1 aromatic rings. The summed E-state index contributed by atoms with van der Waals surface area (Å²) in [5.74, 6) is -1.74. The molecule has 0 fully saturated rings. The number of halogens is 1. The Hall–Kier alpha value is -1.89. The van der Waals surface area contributed by atoms with Gasteiger partial charge in [0.15, 0.2) is 0 Å². The fourth-order valence-corrected chi connectivity index (χ4v) is 2.77. The molecular weight excluding hydrogens is 376 g/mol. The van der Waals surface area contributed by atoms with Crippen LogP contribution in [-0.2, 0) is 20.8 Å². The minimum absolute atomic E-state index is 0.162. The van der Waals surface area contributed by atoms with Gasteiger partial charge in [0.2, 0.25) is 11.8 Å². The maximum Gasteiger partial charge on any atom is 0.326 e. The number of carboxylic acids is 1. The first-order valence-corrected chi connectivity index (χ1v) is 8.53. The third kappa shape index (κ3) is 7.12. The van der Waals surface area contributed by atoms with Crippen molar-refractivity contribution < 1.29 is 19.5 Å². The SMILES string of the molecule is CC(=O)N[C@@H](CC(C)C)C(=O)N[C@@H](Cc1cccc(Br)c1)C(=O)O. The van der Waals surface area contributed by atoms with Crippen molar-refractivity contribution in [2.45, 2.75) is 45.7 Å². The highest BCUT2D eigenvalue weighted by molar-refractivity contribution is 9.10. The molecule has 0 aliphatic heterocycles. The highest BCUT2D eigenvalue weighted by Crippen LogP contribution is 2.13. The molecule has 7 heteroatoms. The maximum absolute atomic E-state index is 12.4. The lowest BCUT2D eigenvalue weighted by Crippen LogP contribution is -2.52. The van der Waals surface area contributed by atoms with Crippen molar-refractivity contribution in [1.82, 2.24) is 10.6 Å². The Morgan fingerprint density at radius 1 is 1.17 bits per heavy atom. The van der Waals surface area contributed by atoms with E-state index in [0.29, 0.717) is 6.42 Å². The third-order valence-corrected chi connectivity index (χ3v) is 3.84. The van der Waals surface area contributed by atoms with Gasteiger partial charge in [0.25, 0.3) is 0 Å². The molecule has 0 saturated heterocycles. The number of carboxylic acid groups (broad SMARTS) is 1. The molecular formula is C17H23BrN2O4. The molecule has 0 radical (unpaired) electrons. The summed E-state index contributed by atoms with van der Waals surface area (Å²) in [4.78, 5) is 35.1. The van der Waals surface area contributed by atoms with Crippen LogP contribution < -0.4 is 10.6 Å². The van der Waals surface area contributed by atoms with Gasteiger partial charge in [0.05, 0.1) is 0 Å². The number of amides is 2. The Morgan fingerprint density at radius 2 is 1.83 bits per heavy atom. The molecule has 0 aliphatic carbocycles.